The Hall–Kier alpha value is -0.710. The molecule has 3 unspecified atom stereocenters. The quantitative estimate of drug-likeness (QED) is 0.818. The Labute approximate surface area is 167 Å². The van der Waals surface area contributed by atoms with Gasteiger partial charge >= 0.3 is 0 Å². The Bertz CT molecular complexity index is 609. The highest BCUT2D eigenvalue weighted by Crippen LogP contribution is 2.43. The van der Waals surface area contributed by atoms with Crippen molar-refractivity contribution in [2.24, 2.45) is 23.5 Å². The van der Waals surface area contributed by atoms with Crippen LogP contribution in [0.15, 0.2) is 24.3 Å². The number of fused-ring (bicyclic) bond motifs is 2. The molecule has 2 saturated carbocycles. The van der Waals surface area contributed by atoms with Crippen LogP contribution >= 0.6 is 24.2 Å². The molecule has 3 fully saturated rings. The average Bonchev–Trinajstić information content (AvgIpc) is 2.62. The van der Waals surface area contributed by atoms with Gasteiger partial charge in [0.25, 0.3) is 0 Å². The van der Waals surface area contributed by atoms with Gasteiger partial charge in [-0.15, -0.1) is 12.4 Å². The predicted molar refractivity (Wildman–Crippen MR) is 112 cm³/mol. The van der Waals surface area contributed by atoms with Crippen LogP contribution in [0, 0.1) is 24.7 Å². The molecule has 1 aromatic carbocycles. The molecule has 1 amide bonds. The lowest BCUT2D eigenvalue weighted by Gasteiger charge is -2.46. The molecule has 3 aliphatic rings. The molecule has 2 aliphatic carbocycles. The van der Waals surface area contributed by atoms with E-state index < -0.39 is 0 Å². The number of nitrogens with two attached hydrogens (primary N) is 1. The van der Waals surface area contributed by atoms with Gasteiger partial charge in [-0.05, 0) is 50.0 Å². The van der Waals surface area contributed by atoms with Gasteiger partial charge in [-0.3, -0.25) is 4.79 Å². The second-order valence-corrected chi connectivity index (χ2v) is 9.38. The molecule has 4 rings (SSSR count). The van der Waals surface area contributed by atoms with Crippen LogP contribution in [0.2, 0.25) is 0 Å². The second kappa shape index (κ2) is 8.53. The maximum Gasteiger partial charge on any atom is 0.226 e. The molecule has 2 N–H and O–H groups in total. The fourth-order valence-electron chi connectivity index (χ4n) is 5.16. The third-order valence-electron chi connectivity index (χ3n) is 6.64. The van der Waals surface area contributed by atoms with E-state index in [0.717, 1.165) is 30.9 Å². The van der Waals surface area contributed by atoms with Gasteiger partial charge in [0.15, 0.2) is 0 Å². The Kier molecular flexibility index (Phi) is 6.58. The lowest BCUT2D eigenvalue weighted by molar-refractivity contribution is -0.140. The summed E-state index contributed by atoms with van der Waals surface area (Å²) in [6, 6.07) is 9.32. The Morgan fingerprint density at radius 1 is 1.15 bits per heavy atom. The summed E-state index contributed by atoms with van der Waals surface area (Å²) >= 11 is 1.97. The molecule has 1 heterocycles. The molecule has 1 aliphatic heterocycles. The number of benzene rings is 1. The molecule has 1 aromatic rings. The van der Waals surface area contributed by atoms with Crippen LogP contribution in [0.25, 0.3) is 0 Å². The highest BCUT2D eigenvalue weighted by Gasteiger charge is 2.43. The molecule has 0 radical (unpaired) electrons. The molecular formula is C21H31ClN2OS. The minimum atomic E-state index is 0. The summed E-state index contributed by atoms with van der Waals surface area (Å²) in [7, 11) is 0. The zero-order valence-corrected chi connectivity index (χ0v) is 17.2. The van der Waals surface area contributed by atoms with E-state index in [-0.39, 0.29) is 24.4 Å². The first-order valence-corrected chi connectivity index (χ1v) is 11.0. The van der Waals surface area contributed by atoms with Crippen LogP contribution in [0.3, 0.4) is 0 Å². The van der Waals surface area contributed by atoms with Gasteiger partial charge in [-0.1, -0.05) is 36.2 Å². The number of hydrogen-bond acceptors (Lipinski definition) is 3. The number of nitrogens with zero attached hydrogens (tertiary/aromatic N) is 1. The Morgan fingerprint density at radius 3 is 2.46 bits per heavy atom. The molecule has 26 heavy (non-hydrogen) atoms. The summed E-state index contributed by atoms with van der Waals surface area (Å²) in [6.45, 7) is 3.01. The number of carbonyl (C=O) groups excluding carboxylic acids is 1. The monoisotopic (exact) mass is 394 g/mol. The average molecular weight is 395 g/mol. The molecule has 2 bridgehead atoms. The standard InChI is InChI=1S/C21H30N2OS.ClH/c1-14-5-7-15(8-6-14)19-13-25-10-9-23(19)21(24)18-11-16-3-2-4-17(12-18)20(16)22;/h5-8,16-20H,2-4,9-13,22H2,1H3;1H. The van der Waals surface area contributed by atoms with E-state index in [1.54, 1.807) is 0 Å². The van der Waals surface area contributed by atoms with Crippen LogP contribution in [0.1, 0.15) is 49.3 Å². The maximum absolute atomic E-state index is 13.4. The van der Waals surface area contributed by atoms with Gasteiger partial charge in [0.1, 0.15) is 0 Å². The van der Waals surface area contributed by atoms with Gasteiger partial charge in [-0.2, -0.15) is 11.8 Å². The van der Waals surface area contributed by atoms with Crippen LogP contribution in [0.4, 0.5) is 0 Å². The van der Waals surface area contributed by atoms with Crippen LogP contribution in [0.5, 0.6) is 0 Å². The van der Waals surface area contributed by atoms with Crippen molar-refractivity contribution in [1.82, 2.24) is 4.90 Å². The number of aryl methyl sites for hydroxylation is 1. The summed E-state index contributed by atoms with van der Waals surface area (Å²) in [5.41, 5.74) is 9.00. The molecule has 144 valence electrons. The van der Waals surface area contributed by atoms with Crippen molar-refractivity contribution in [3.05, 3.63) is 35.4 Å². The van der Waals surface area contributed by atoms with Gasteiger partial charge < -0.3 is 10.6 Å². The number of amides is 1. The minimum Gasteiger partial charge on any atom is -0.334 e. The molecule has 0 aromatic heterocycles. The summed E-state index contributed by atoms with van der Waals surface area (Å²) in [5.74, 6) is 3.82. The first kappa shape index (κ1) is 20.0. The van der Waals surface area contributed by atoms with E-state index in [1.165, 1.54) is 30.4 Å². The third-order valence-corrected chi connectivity index (χ3v) is 7.66. The molecular weight excluding hydrogens is 364 g/mol. The van der Waals surface area contributed by atoms with Gasteiger partial charge in [0.05, 0.1) is 6.04 Å². The largest absolute Gasteiger partial charge is 0.334 e. The van der Waals surface area contributed by atoms with Crippen LogP contribution in [-0.4, -0.2) is 34.9 Å². The number of carbonyl (C=O) groups is 1. The van der Waals surface area contributed by atoms with E-state index in [4.69, 9.17) is 5.73 Å². The predicted octanol–water partition coefficient (Wildman–Crippen LogP) is 4.19. The molecule has 3 atom stereocenters. The summed E-state index contributed by atoms with van der Waals surface area (Å²) in [4.78, 5) is 15.6. The minimum absolute atomic E-state index is 0. The highest BCUT2D eigenvalue weighted by atomic mass is 35.5. The van der Waals surface area contributed by atoms with E-state index in [0.29, 0.717) is 23.8 Å². The van der Waals surface area contributed by atoms with Crippen molar-refractivity contribution < 1.29 is 4.79 Å². The fourth-order valence-corrected chi connectivity index (χ4v) is 6.25. The second-order valence-electron chi connectivity index (χ2n) is 8.23. The topological polar surface area (TPSA) is 46.3 Å². The number of halogens is 1. The summed E-state index contributed by atoms with van der Waals surface area (Å²) in [6.07, 6.45) is 5.77. The first-order valence-electron chi connectivity index (χ1n) is 9.84. The SMILES string of the molecule is Cc1ccc(C2CSCCN2C(=O)C2CC3CCCC(C2)C3N)cc1.Cl. The van der Waals surface area contributed by atoms with E-state index >= 15 is 0 Å². The number of thioether (sulfide) groups is 1. The molecule has 5 heteroatoms. The van der Waals surface area contributed by atoms with E-state index in [1.807, 2.05) is 11.8 Å². The maximum atomic E-state index is 13.4. The smallest absolute Gasteiger partial charge is 0.226 e. The summed E-state index contributed by atoms with van der Waals surface area (Å²) < 4.78 is 0. The summed E-state index contributed by atoms with van der Waals surface area (Å²) in [5, 5.41) is 0. The normalized spacial score (nSPS) is 34.1. The molecule has 0 spiro atoms. The van der Waals surface area contributed by atoms with Gasteiger partial charge in [0.2, 0.25) is 5.91 Å². The van der Waals surface area contributed by atoms with Crippen LogP contribution < -0.4 is 5.73 Å². The molecule has 3 nitrogen and oxygen atoms in total. The number of hydrogen-bond donors (Lipinski definition) is 1. The van der Waals surface area contributed by atoms with Gasteiger partial charge in [-0.25, -0.2) is 0 Å². The van der Waals surface area contributed by atoms with E-state index in [9.17, 15) is 4.79 Å². The van der Waals surface area contributed by atoms with Crippen molar-refractivity contribution >= 4 is 30.1 Å². The zero-order chi connectivity index (χ0) is 17.4. The molecule has 1 saturated heterocycles. The lowest BCUT2D eigenvalue weighted by Crippen LogP contribution is -2.51. The van der Waals surface area contributed by atoms with Crippen molar-refractivity contribution in [3.63, 3.8) is 0 Å². The van der Waals surface area contributed by atoms with Crippen molar-refractivity contribution in [2.75, 3.05) is 18.1 Å². The first-order chi connectivity index (χ1) is 12.1. The van der Waals surface area contributed by atoms with Crippen LogP contribution in [-0.2, 0) is 4.79 Å². The Morgan fingerprint density at radius 2 is 1.81 bits per heavy atom. The highest BCUT2D eigenvalue weighted by molar-refractivity contribution is 7.99. The van der Waals surface area contributed by atoms with Crippen molar-refractivity contribution in [2.45, 2.75) is 51.1 Å². The van der Waals surface area contributed by atoms with Crippen molar-refractivity contribution in [1.29, 1.82) is 0 Å². The van der Waals surface area contributed by atoms with E-state index in [2.05, 4.69) is 36.1 Å². The third kappa shape index (κ3) is 3.93. The van der Waals surface area contributed by atoms with Gasteiger partial charge in [0, 0.05) is 30.0 Å². The van der Waals surface area contributed by atoms with Crippen molar-refractivity contribution in [3.8, 4) is 0 Å². The fraction of sp³-hybridized carbons (Fsp3) is 0.667. The lowest BCUT2D eigenvalue weighted by atomic mass is 9.65. The zero-order valence-electron chi connectivity index (χ0n) is 15.6. The number of rotatable bonds is 2. The Balaban J connectivity index is 0.00000196.